The van der Waals surface area contributed by atoms with Gasteiger partial charge < -0.3 is 9.47 Å². The fraction of sp³-hybridized carbons (Fsp3) is 0.222. The third-order valence-electron chi connectivity index (χ3n) is 5.20. The maximum absolute atomic E-state index is 12.5. The second-order valence-electron chi connectivity index (χ2n) is 8.95. The summed E-state index contributed by atoms with van der Waals surface area (Å²) in [5.74, 6) is 0.864. The van der Waals surface area contributed by atoms with Crippen molar-refractivity contribution in [3.8, 4) is 5.75 Å². The lowest BCUT2D eigenvalue weighted by Gasteiger charge is -2.34. The molecule has 6 heteroatoms. The van der Waals surface area contributed by atoms with Crippen molar-refractivity contribution < 1.29 is 14.3 Å². The Kier molecular flexibility index (Phi) is 6.85. The maximum Gasteiger partial charge on any atom is 0.334 e. The molecule has 1 aliphatic rings. The smallest absolute Gasteiger partial charge is 0.334 e. The monoisotopic (exact) mass is 477 g/mol. The fourth-order valence-corrected chi connectivity index (χ4v) is 7.38. The van der Waals surface area contributed by atoms with Gasteiger partial charge in [0.25, 0.3) is 0 Å². The molecule has 0 radical (unpaired) electrons. The molecule has 4 nitrogen and oxygen atoms in total. The zero-order chi connectivity index (χ0) is 23.5. The predicted octanol–water partition coefficient (Wildman–Crippen LogP) is 5.37. The van der Waals surface area contributed by atoms with Crippen LogP contribution in [-0.2, 0) is 21.3 Å². The van der Waals surface area contributed by atoms with Gasteiger partial charge in [0.15, 0.2) is 0 Å². The van der Waals surface area contributed by atoms with Crippen LogP contribution in [0.5, 0.6) is 5.75 Å². The molecule has 170 valence electrons. The first-order valence-electron chi connectivity index (χ1n) is 10.9. The summed E-state index contributed by atoms with van der Waals surface area (Å²) in [6, 6.07) is 28.2. The highest BCUT2D eigenvalue weighted by Gasteiger charge is 2.32. The molecule has 0 aromatic heterocycles. The van der Waals surface area contributed by atoms with E-state index in [1.165, 1.54) is 6.08 Å². The molecule has 0 spiro atoms. The van der Waals surface area contributed by atoms with Gasteiger partial charge in [-0.25, -0.2) is 4.79 Å². The van der Waals surface area contributed by atoms with Gasteiger partial charge in [0.05, 0.1) is 12.3 Å². The number of benzene rings is 3. The molecule has 4 rings (SSSR count). The number of rotatable bonds is 5. The molecule has 0 aliphatic carbocycles. The first kappa shape index (κ1) is 23.4. The Balaban J connectivity index is 1.73. The normalized spacial score (nSPS) is 17.2. The average Bonchev–Trinajstić information content (AvgIpc) is 2.79. The van der Waals surface area contributed by atoms with Crippen LogP contribution < -0.4 is 20.4 Å². The number of carbonyl (C=O) groups excluding carboxylic acids is 1. The van der Waals surface area contributed by atoms with Crippen molar-refractivity contribution >= 4 is 34.6 Å². The summed E-state index contributed by atoms with van der Waals surface area (Å²) in [4.78, 5) is 12.5. The van der Waals surface area contributed by atoms with Gasteiger partial charge in [-0.05, 0) is 26.8 Å². The number of fused-ring (bicyclic) bond motifs is 1. The van der Waals surface area contributed by atoms with E-state index in [0.717, 1.165) is 21.9 Å². The fourth-order valence-electron chi connectivity index (χ4n) is 3.82. The van der Waals surface area contributed by atoms with Gasteiger partial charge in [0, 0.05) is 28.6 Å². The van der Waals surface area contributed by atoms with Crippen LogP contribution in [0.25, 0.3) is 0 Å². The van der Waals surface area contributed by atoms with Crippen molar-refractivity contribution in [1.29, 1.82) is 0 Å². The van der Waals surface area contributed by atoms with Gasteiger partial charge in [-0.1, -0.05) is 90.7 Å². The highest BCUT2D eigenvalue weighted by molar-refractivity contribution is 8.20. The largest absolute Gasteiger partial charge is 0.461 e. The van der Waals surface area contributed by atoms with Crippen molar-refractivity contribution in [2.45, 2.75) is 38.8 Å². The van der Waals surface area contributed by atoms with E-state index in [0.29, 0.717) is 12.2 Å². The Morgan fingerprint density at radius 2 is 1.52 bits per heavy atom. The zero-order valence-corrected chi connectivity index (χ0v) is 20.7. The predicted molar refractivity (Wildman–Crippen MR) is 138 cm³/mol. The topological polar surface area (TPSA) is 47.6 Å². The Labute approximate surface area is 200 Å². The van der Waals surface area contributed by atoms with Crippen LogP contribution >= 0.6 is 6.19 Å². The Morgan fingerprint density at radius 1 is 0.970 bits per heavy atom. The van der Waals surface area contributed by atoms with Gasteiger partial charge >= 0.3 is 5.97 Å². The van der Waals surface area contributed by atoms with Crippen molar-refractivity contribution in [1.82, 2.24) is 5.09 Å². The Bertz CT molecular complexity index is 1160. The number of hydrogen-bond donors (Lipinski definition) is 1. The molecule has 3 aromatic carbocycles. The Morgan fingerprint density at radius 3 is 2.09 bits per heavy atom. The maximum atomic E-state index is 12.5. The molecule has 1 atom stereocenters. The van der Waals surface area contributed by atoms with Crippen LogP contribution in [0.1, 0.15) is 38.8 Å². The standard InChI is InChI=1S/C27H28NO3PS/c1-27(2,3)31-26(29)19-20-18-24(23-16-10-11-17-25(23)30-20)28-32(33,21-12-6-4-7-13-21)22-14-8-5-9-15-22/h4-17,19,24H,18H2,1-3H3,(H,28,33)/b20-19+. The molecule has 1 N–H and O–H groups in total. The third-order valence-corrected chi connectivity index (χ3v) is 9.51. The summed E-state index contributed by atoms with van der Waals surface area (Å²) in [6.07, 6.45) is -0.415. The molecular formula is C27H28NO3PS. The van der Waals surface area contributed by atoms with Gasteiger partial charge in [0.1, 0.15) is 17.1 Å². The second-order valence-corrected chi connectivity index (χ2v) is 13.1. The van der Waals surface area contributed by atoms with E-state index in [9.17, 15) is 4.79 Å². The lowest BCUT2D eigenvalue weighted by molar-refractivity contribution is -0.148. The first-order valence-corrected chi connectivity index (χ1v) is 13.7. The third kappa shape index (κ3) is 5.62. The van der Waals surface area contributed by atoms with E-state index in [4.69, 9.17) is 21.3 Å². The minimum absolute atomic E-state index is 0.116. The first-order chi connectivity index (χ1) is 15.7. The number of hydrogen-bond acceptors (Lipinski definition) is 4. The number of esters is 1. The summed E-state index contributed by atoms with van der Waals surface area (Å²) in [5, 5.41) is 6.01. The minimum Gasteiger partial charge on any atom is -0.461 e. The summed E-state index contributed by atoms with van der Waals surface area (Å²) in [7, 11) is 0. The summed E-state index contributed by atoms with van der Waals surface area (Å²) < 4.78 is 11.5. The number of ether oxygens (including phenoxy) is 2. The summed E-state index contributed by atoms with van der Waals surface area (Å²) in [6.45, 7) is 5.54. The number of para-hydroxylation sites is 1. The van der Waals surface area contributed by atoms with Crippen molar-refractivity contribution in [2.75, 3.05) is 0 Å². The number of carbonyl (C=O) groups is 1. The van der Waals surface area contributed by atoms with E-state index in [-0.39, 0.29) is 6.04 Å². The molecule has 1 aliphatic heterocycles. The van der Waals surface area contributed by atoms with Crippen LogP contribution in [0.3, 0.4) is 0 Å². The second kappa shape index (κ2) is 9.64. The molecule has 0 bridgehead atoms. The van der Waals surface area contributed by atoms with E-state index >= 15 is 0 Å². The highest BCUT2D eigenvalue weighted by Crippen LogP contribution is 2.46. The van der Waals surface area contributed by atoms with Crippen molar-refractivity contribution in [3.63, 3.8) is 0 Å². The highest BCUT2D eigenvalue weighted by atomic mass is 32.4. The van der Waals surface area contributed by atoms with E-state index < -0.39 is 17.8 Å². The van der Waals surface area contributed by atoms with Crippen LogP contribution in [0, 0.1) is 0 Å². The van der Waals surface area contributed by atoms with Gasteiger partial charge in [0.2, 0.25) is 0 Å². The molecule has 1 heterocycles. The van der Waals surface area contributed by atoms with Crippen molar-refractivity contribution in [3.05, 3.63) is 102 Å². The van der Waals surface area contributed by atoms with Crippen LogP contribution in [-0.4, -0.2) is 11.6 Å². The van der Waals surface area contributed by atoms with Crippen molar-refractivity contribution in [2.24, 2.45) is 0 Å². The Hall–Kier alpha value is -2.72. The van der Waals surface area contributed by atoms with E-state index in [1.807, 2.05) is 81.4 Å². The SMILES string of the molecule is CC(C)(C)OC(=O)/C=C1\CC(NP(=S)(c2ccccc2)c2ccccc2)c2ccccc2O1. The lowest BCUT2D eigenvalue weighted by Crippen LogP contribution is -2.32. The quantitative estimate of drug-likeness (QED) is 0.304. The van der Waals surface area contributed by atoms with Crippen LogP contribution in [0.4, 0.5) is 0 Å². The summed E-state index contributed by atoms with van der Waals surface area (Å²) >= 11 is 6.39. The molecule has 0 saturated carbocycles. The average molecular weight is 478 g/mol. The molecule has 1 unspecified atom stereocenters. The zero-order valence-electron chi connectivity index (χ0n) is 19.0. The van der Waals surface area contributed by atoms with Gasteiger partial charge in [-0.2, -0.15) is 0 Å². The summed E-state index contributed by atoms with van der Waals surface area (Å²) in [5.41, 5.74) is 0.459. The van der Waals surface area contributed by atoms with Gasteiger partial charge in [-0.15, -0.1) is 0 Å². The molecule has 33 heavy (non-hydrogen) atoms. The van der Waals surface area contributed by atoms with E-state index in [1.54, 1.807) is 0 Å². The van der Waals surface area contributed by atoms with Gasteiger partial charge in [-0.3, -0.25) is 5.09 Å². The molecule has 0 saturated heterocycles. The molecular weight excluding hydrogens is 449 g/mol. The molecule has 0 amide bonds. The minimum atomic E-state index is -2.36. The lowest BCUT2D eigenvalue weighted by atomic mass is 9.99. The molecule has 3 aromatic rings. The van der Waals surface area contributed by atoms with E-state index in [2.05, 4.69) is 29.4 Å². The van der Waals surface area contributed by atoms with Crippen LogP contribution in [0.2, 0.25) is 0 Å². The van der Waals surface area contributed by atoms with Crippen LogP contribution in [0.15, 0.2) is 96.8 Å². The molecule has 0 fully saturated rings. The number of nitrogens with one attached hydrogen (secondary N) is 1.